The Kier molecular flexibility index (Phi) is 6.62. The number of likely N-dealkylation sites (tertiary alicyclic amines) is 1. The minimum atomic E-state index is 0.355. The summed E-state index contributed by atoms with van der Waals surface area (Å²) in [4.78, 5) is 2.56. The quantitative estimate of drug-likeness (QED) is 0.627. The summed E-state index contributed by atoms with van der Waals surface area (Å²) in [7, 11) is 0. The monoisotopic (exact) mass is 233 g/mol. The van der Waals surface area contributed by atoms with Gasteiger partial charge < -0.3 is 4.74 Å². The van der Waals surface area contributed by atoms with E-state index in [-0.39, 0.29) is 0 Å². The van der Waals surface area contributed by atoms with Crippen LogP contribution in [-0.4, -0.2) is 42.6 Å². The fraction of sp³-hybridized carbons (Fsp3) is 1.00. The van der Waals surface area contributed by atoms with Crippen molar-refractivity contribution < 1.29 is 4.74 Å². The molecule has 0 amide bonds. The SMILES string of the molecule is CC(C)OCCN1CCCC1CCCCl. The van der Waals surface area contributed by atoms with Crippen LogP contribution in [0.1, 0.15) is 39.5 Å². The predicted octanol–water partition coefficient (Wildman–Crippen LogP) is 2.89. The van der Waals surface area contributed by atoms with Gasteiger partial charge in [-0.3, -0.25) is 4.90 Å². The van der Waals surface area contributed by atoms with Crippen LogP contribution in [0, 0.1) is 0 Å². The van der Waals surface area contributed by atoms with E-state index in [1.54, 1.807) is 0 Å². The zero-order chi connectivity index (χ0) is 11.1. The summed E-state index contributed by atoms with van der Waals surface area (Å²) in [6, 6.07) is 0.763. The lowest BCUT2D eigenvalue weighted by molar-refractivity contribution is 0.0556. The van der Waals surface area contributed by atoms with Crippen LogP contribution in [-0.2, 0) is 4.74 Å². The Morgan fingerprint density at radius 2 is 2.27 bits per heavy atom. The van der Waals surface area contributed by atoms with Crippen LogP contribution in [0.2, 0.25) is 0 Å². The lowest BCUT2D eigenvalue weighted by Crippen LogP contribution is -2.33. The van der Waals surface area contributed by atoms with Crippen LogP contribution in [0.5, 0.6) is 0 Å². The maximum absolute atomic E-state index is 5.73. The van der Waals surface area contributed by atoms with Gasteiger partial charge in [-0.25, -0.2) is 0 Å². The maximum atomic E-state index is 5.73. The summed E-state index contributed by atoms with van der Waals surface area (Å²) in [6.45, 7) is 7.39. The van der Waals surface area contributed by atoms with Gasteiger partial charge in [0.15, 0.2) is 0 Å². The smallest absolute Gasteiger partial charge is 0.0597 e. The minimum Gasteiger partial charge on any atom is -0.377 e. The molecule has 1 atom stereocenters. The molecule has 0 aromatic carbocycles. The third kappa shape index (κ3) is 5.19. The molecule has 0 saturated carbocycles. The lowest BCUT2D eigenvalue weighted by Gasteiger charge is -2.24. The number of rotatable bonds is 7. The lowest BCUT2D eigenvalue weighted by atomic mass is 10.1. The van der Waals surface area contributed by atoms with E-state index < -0.39 is 0 Å². The van der Waals surface area contributed by atoms with E-state index in [4.69, 9.17) is 16.3 Å². The van der Waals surface area contributed by atoms with E-state index in [2.05, 4.69) is 18.7 Å². The molecule has 0 aliphatic carbocycles. The standard InChI is InChI=1S/C12H24ClNO/c1-11(2)15-10-9-14-8-4-6-12(14)5-3-7-13/h11-12H,3-10H2,1-2H3. The van der Waals surface area contributed by atoms with Crippen LogP contribution in [0.15, 0.2) is 0 Å². The van der Waals surface area contributed by atoms with Crippen molar-refractivity contribution in [3.05, 3.63) is 0 Å². The van der Waals surface area contributed by atoms with Gasteiger partial charge in [0.2, 0.25) is 0 Å². The molecule has 1 aliphatic heterocycles. The van der Waals surface area contributed by atoms with Crippen molar-refractivity contribution in [3.63, 3.8) is 0 Å². The summed E-state index contributed by atoms with van der Waals surface area (Å²) >= 11 is 5.73. The number of halogens is 1. The highest BCUT2D eigenvalue weighted by molar-refractivity contribution is 6.17. The molecule has 1 saturated heterocycles. The third-order valence-electron chi connectivity index (χ3n) is 3.00. The first-order valence-electron chi connectivity index (χ1n) is 6.15. The van der Waals surface area contributed by atoms with Gasteiger partial charge in [-0.05, 0) is 46.1 Å². The Labute approximate surface area is 98.9 Å². The van der Waals surface area contributed by atoms with Crippen LogP contribution < -0.4 is 0 Å². The number of ether oxygens (including phenoxy) is 1. The molecule has 2 nitrogen and oxygen atoms in total. The number of alkyl halides is 1. The molecule has 1 heterocycles. The molecule has 1 fully saturated rings. The molecular formula is C12H24ClNO. The molecule has 0 aromatic rings. The summed E-state index contributed by atoms with van der Waals surface area (Å²) in [6.07, 6.45) is 5.44. The van der Waals surface area contributed by atoms with Gasteiger partial charge in [-0.2, -0.15) is 0 Å². The molecule has 0 radical (unpaired) electrons. The molecule has 90 valence electrons. The molecule has 1 aliphatic rings. The molecule has 0 N–H and O–H groups in total. The van der Waals surface area contributed by atoms with E-state index in [1.165, 1.54) is 25.8 Å². The Bertz CT molecular complexity index is 164. The van der Waals surface area contributed by atoms with Crippen molar-refractivity contribution in [2.45, 2.75) is 51.7 Å². The predicted molar refractivity (Wildman–Crippen MR) is 65.6 cm³/mol. The first kappa shape index (κ1) is 13.3. The van der Waals surface area contributed by atoms with Gasteiger partial charge in [0.25, 0.3) is 0 Å². The number of nitrogens with zero attached hydrogens (tertiary/aromatic N) is 1. The Morgan fingerprint density at radius 3 is 2.93 bits per heavy atom. The molecule has 3 heteroatoms. The van der Waals surface area contributed by atoms with Crippen molar-refractivity contribution in [1.82, 2.24) is 4.90 Å². The summed E-state index contributed by atoms with van der Waals surface area (Å²) in [5, 5.41) is 0. The molecule has 0 aromatic heterocycles. The van der Waals surface area contributed by atoms with Gasteiger partial charge >= 0.3 is 0 Å². The maximum Gasteiger partial charge on any atom is 0.0597 e. The van der Waals surface area contributed by atoms with Crippen LogP contribution in [0.3, 0.4) is 0 Å². The van der Waals surface area contributed by atoms with Gasteiger partial charge in [0.05, 0.1) is 12.7 Å². The fourth-order valence-corrected chi connectivity index (χ4v) is 2.39. The molecule has 0 bridgehead atoms. The highest BCUT2D eigenvalue weighted by atomic mass is 35.5. The first-order valence-corrected chi connectivity index (χ1v) is 6.69. The largest absolute Gasteiger partial charge is 0.377 e. The van der Waals surface area contributed by atoms with E-state index in [9.17, 15) is 0 Å². The van der Waals surface area contributed by atoms with Crippen molar-refractivity contribution in [2.24, 2.45) is 0 Å². The Morgan fingerprint density at radius 1 is 1.47 bits per heavy atom. The normalized spacial score (nSPS) is 22.8. The van der Waals surface area contributed by atoms with E-state index in [1.807, 2.05) is 0 Å². The van der Waals surface area contributed by atoms with E-state index in [0.29, 0.717) is 6.10 Å². The van der Waals surface area contributed by atoms with Gasteiger partial charge in [-0.1, -0.05) is 0 Å². The average Bonchev–Trinajstić information content (AvgIpc) is 2.62. The van der Waals surface area contributed by atoms with Crippen LogP contribution in [0.25, 0.3) is 0 Å². The average molecular weight is 234 g/mol. The Balaban J connectivity index is 2.15. The van der Waals surface area contributed by atoms with Crippen molar-refractivity contribution >= 4 is 11.6 Å². The minimum absolute atomic E-state index is 0.355. The second-order valence-corrected chi connectivity index (χ2v) is 4.96. The topological polar surface area (TPSA) is 12.5 Å². The highest BCUT2D eigenvalue weighted by Gasteiger charge is 2.23. The molecule has 1 unspecified atom stereocenters. The molecule has 1 rings (SSSR count). The van der Waals surface area contributed by atoms with Crippen LogP contribution >= 0.6 is 11.6 Å². The zero-order valence-corrected chi connectivity index (χ0v) is 10.8. The summed E-state index contributed by atoms with van der Waals surface area (Å²) < 4.78 is 5.59. The van der Waals surface area contributed by atoms with Gasteiger partial charge in [0.1, 0.15) is 0 Å². The van der Waals surface area contributed by atoms with Crippen molar-refractivity contribution in [1.29, 1.82) is 0 Å². The van der Waals surface area contributed by atoms with Crippen LogP contribution in [0.4, 0.5) is 0 Å². The van der Waals surface area contributed by atoms with Crippen molar-refractivity contribution in [2.75, 3.05) is 25.6 Å². The fourth-order valence-electron chi connectivity index (χ4n) is 2.23. The Hall–Kier alpha value is 0.210. The summed E-state index contributed by atoms with van der Waals surface area (Å²) in [5.41, 5.74) is 0. The van der Waals surface area contributed by atoms with E-state index >= 15 is 0 Å². The zero-order valence-electron chi connectivity index (χ0n) is 10.0. The summed E-state index contributed by atoms with van der Waals surface area (Å²) in [5.74, 6) is 0.798. The number of hydrogen-bond acceptors (Lipinski definition) is 2. The molecular weight excluding hydrogens is 210 g/mol. The number of hydrogen-bond donors (Lipinski definition) is 0. The molecule has 0 spiro atoms. The molecule has 15 heavy (non-hydrogen) atoms. The second-order valence-electron chi connectivity index (χ2n) is 4.58. The van der Waals surface area contributed by atoms with Crippen molar-refractivity contribution in [3.8, 4) is 0 Å². The third-order valence-corrected chi connectivity index (χ3v) is 3.27. The van der Waals surface area contributed by atoms with Gasteiger partial charge in [-0.15, -0.1) is 11.6 Å². The highest BCUT2D eigenvalue weighted by Crippen LogP contribution is 2.21. The van der Waals surface area contributed by atoms with E-state index in [0.717, 1.165) is 31.5 Å². The van der Waals surface area contributed by atoms with Gasteiger partial charge in [0, 0.05) is 18.5 Å². The first-order chi connectivity index (χ1) is 7.24. The second kappa shape index (κ2) is 7.48.